The fraction of sp³-hybridized carbons (Fsp3) is 0.100. The number of anilines is 1. The van der Waals surface area contributed by atoms with Crippen LogP contribution < -0.4 is 16.7 Å². The van der Waals surface area contributed by atoms with Gasteiger partial charge in [-0.1, -0.05) is 0 Å². The highest BCUT2D eigenvalue weighted by atomic mass is 16.4. The Hall–Kier alpha value is -2.57. The van der Waals surface area contributed by atoms with E-state index in [-0.39, 0.29) is 18.0 Å². The Morgan fingerprint density at radius 1 is 1.53 bits per heavy atom. The number of carbonyl (C=O) groups excluding carboxylic acids is 1. The number of H-pyrrole nitrogens is 1. The van der Waals surface area contributed by atoms with Crippen molar-refractivity contribution in [3.05, 3.63) is 46.1 Å². The number of rotatable bonds is 3. The molecule has 0 atom stereocenters. The molecule has 0 spiro atoms. The minimum absolute atomic E-state index is 0.250. The molecule has 0 saturated heterocycles. The van der Waals surface area contributed by atoms with Crippen LogP contribution in [0.25, 0.3) is 0 Å². The molecule has 0 aliphatic rings. The van der Waals surface area contributed by atoms with Crippen molar-refractivity contribution >= 4 is 11.7 Å². The highest BCUT2D eigenvalue weighted by Crippen LogP contribution is 2.05. The maximum Gasteiger partial charge on any atom is 0.335 e. The van der Waals surface area contributed by atoms with Crippen LogP contribution in [0.2, 0.25) is 0 Å². The Morgan fingerprint density at radius 2 is 2.35 bits per heavy atom. The van der Waals surface area contributed by atoms with Gasteiger partial charge < -0.3 is 15.5 Å². The zero-order valence-corrected chi connectivity index (χ0v) is 8.77. The molecule has 0 unspecified atom stereocenters. The molecule has 0 aliphatic heterocycles. The van der Waals surface area contributed by atoms with Crippen molar-refractivity contribution < 1.29 is 9.21 Å². The molecule has 0 aliphatic carbocycles. The molecule has 4 N–H and O–H groups in total. The maximum atomic E-state index is 11.6. The number of aromatic amines is 1. The van der Waals surface area contributed by atoms with Gasteiger partial charge in [0.05, 0.1) is 11.8 Å². The number of amides is 1. The molecule has 0 aromatic carbocycles. The van der Waals surface area contributed by atoms with Crippen molar-refractivity contribution in [2.24, 2.45) is 0 Å². The zero-order chi connectivity index (χ0) is 12.3. The van der Waals surface area contributed by atoms with Gasteiger partial charge in [-0.2, -0.15) is 5.10 Å². The second-order valence-electron chi connectivity index (χ2n) is 3.34. The molecule has 17 heavy (non-hydrogen) atoms. The molecule has 2 aromatic heterocycles. The van der Waals surface area contributed by atoms with Crippen LogP contribution in [0.5, 0.6) is 0 Å². The summed E-state index contributed by atoms with van der Waals surface area (Å²) in [5, 5.41) is 8.90. The number of hydrogen-bond donors (Lipinski definition) is 3. The van der Waals surface area contributed by atoms with E-state index in [1.165, 1.54) is 18.3 Å². The van der Waals surface area contributed by atoms with Crippen molar-refractivity contribution in [2.75, 3.05) is 5.73 Å². The first-order valence-corrected chi connectivity index (χ1v) is 4.81. The zero-order valence-electron chi connectivity index (χ0n) is 8.77. The predicted octanol–water partition coefficient (Wildman–Crippen LogP) is -0.125. The van der Waals surface area contributed by atoms with E-state index >= 15 is 0 Å². The van der Waals surface area contributed by atoms with Gasteiger partial charge in [-0.3, -0.25) is 9.89 Å². The van der Waals surface area contributed by atoms with Crippen LogP contribution in [0.1, 0.15) is 15.9 Å². The van der Waals surface area contributed by atoms with Gasteiger partial charge in [0.15, 0.2) is 0 Å². The van der Waals surface area contributed by atoms with Gasteiger partial charge in [0.1, 0.15) is 12.1 Å². The summed E-state index contributed by atoms with van der Waals surface area (Å²) in [5.74, 6) is 0.0549. The Bertz CT molecular complexity index is 567. The Labute approximate surface area is 95.6 Å². The molecule has 7 nitrogen and oxygen atoms in total. The molecule has 7 heteroatoms. The molecular weight excluding hydrogens is 224 g/mol. The average molecular weight is 234 g/mol. The van der Waals surface area contributed by atoms with E-state index in [4.69, 9.17) is 5.73 Å². The fourth-order valence-corrected chi connectivity index (χ4v) is 1.23. The Balaban J connectivity index is 2.00. The third kappa shape index (κ3) is 2.51. The van der Waals surface area contributed by atoms with Gasteiger partial charge in [0.25, 0.3) is 5.91 Å². The number of nitrogen functional groups attached to an aromatic ring is 1. The van der Waals surface area contributed by atoms with Crippen molar-refractivity contribution in [1.82, 2.24) is 15.5 Å². The first kappa shape index (κ1) is 10.9. The molecule has 88 valence electrons. The van der Waals surface area contributed by atoms with Crippen molar-refractivity contribution in [3.63, 3.8) is 0 Å². The van der Waals surface area contributed by atoms with Crippen molar-refractivity contribution in [1.29, 1.82) is 0 Å². The standard InChI is InChI=1S/C10H10N4O3/c11-9-7(4-13-14-9)3-12-10(16)6-1-2-8(15)17-5-6/h1-2,4-5H,3H2,(H,12,16)(H3,11,13,14). The summed E-state index contributed by atoms with van der Waals surface area (Å²) in [6.45, 7) is 0.250. The fourth-order valence-electron chi connectivity index (χ4n) is 1.23. The maximum absolute atomic E-state index is 11.6. The quantitative estimate of drug-likeness (QED) is 0.684. The molecule has 2 heterocycles. The summed E-state index contributed by atoms with van der Waals surface area (Å²) in [6.07, 6.45) is 2.64. The lowest BCUT2D eigenvalue weighted by Gasteiger charge is -2.03. The van der Waals surface area contributed by atoms with Crippen LogP contribution >= 0.6 is 0 Å². The summed E-state index contributed by atoms with van der Waals surface area (Å²) in [6, 6.07) is 2.57. The van der Waals surface area contributed by atoms with E-state index in [9.17, 15) is 9.59 Å². The number of hydrogen-bond acceptors (Lipinski definition) is 5. The van der Waals surface area contributed by atoms with E-state index in [1.54, 1.807) is 0 Å². The second kappa shape index (κ2) is 4.52. The first-order valence-electron chi connectivity index (χ1n) is 4.81. The minimum atomic E-state index is -0.499. The van der Waals surface area contributed by atoms with Gasteiger partial charge in [-0.05, 0) is 6.07 Å². The van der Waals surface area contributed by atoms with Crippen LogP contribution in [0.3, 0.4) is 0 Å². The molecular formula is C10H10N4O3. The molecule has 0 fully saturated rings. The van der Waals surface area contributed by atoms with E-state index in [2.05, 4.69) is 19.9 Å². The first-order chi connectivity index (χ1) is 8.16. The van der Waals surface area contributed by atoms with Crippen molar-refractivity contribution in [3.8, 4) is 0 Å². The Morgan fingerprint density at radius 3 is 2.94 bits per heavy atom. The minimum Gasteiger partial charge on any atom is -0.430 e. The normalized spacial score (nSPS) is 10.1. The lowest BCUT2D eigenvalue weighted by molar-refractivity contribution is 0.0948. The van der Waals surface area contributed by atoms with Gasteiger partial charge in [0, 0.05) is 18.2 Å². The topological polar surface area (TPSA) is 114 Å². The van der Waals surface area contributed by atoms with Gasteiger partial charge in [0.2, 0.25) is 0 Å². The average Bonchev–Trinajstić information content (AvgIpc) is 2.73. The van der Waals surface area contributed by atoms with E-state index in [0.717, 1.165) is 6.26 Å². The lowest BCUT2D eigenvalue weighted by Crippen LogP contribution is -2.23. The second-order valence-corrected chi connectivity index (χ2v) is 3.34. The van der Waals surface area contributed by atoms with Crippen LogP contribution in [0.15, 0.2) is 33.8 Å². The third-order valence-corrected chi connectivity index (χ3v) is 2.15. The summed E-state index contributed by atoms with van der Waals surface area (Å²) < 4.78 is 4.58. The summed E-state index contributed by atoms with van der Waals surface area (Å²) in [5.41, 5.74) is 6.02. The molecule has 0 radical (unpaired) electrons. The highest BCUT2D eigenvalue weighted by Gasteiger charge is 2.07. The van der Waals surface area contributed by atoms with E-state index < -0.39 is 5.63 Å². The van der Waals surface area contributed by atoms with Crippen molar-refractivity contribution in [2.45, 2.75) is 6.54 Å². The number of nitrogens with zero attached hydrogens (tertiary/aromatic N) is 1. The summed E-state index contributed by atoms with van der Waals surface area (Å²) >= 11 is 0. The smallest absolute Gasteiger partial charge is 0.335 e. The lowest BCUT2D eigenvalue weighted by atomic mass is 10.2. The number of nitrogens with two attached hydrogens (primary N) is 1. The van der Waals surface area contributed by atoms with Crippen LogP contribution in [0.4, 0.5) is 5.82 Å². The molecule has 0 bridgehead atoms. The number of nitrogens with one attached hydrogen (secondary N) is 2. The number of carbonyl (C=O) groups is 1. The predicted molar refractivity (Wildman–Crippen MR) is 59.1 cm³/mol. The van der Waals surface area contributed by atoms with Crippen LogP contribution in [-0.4, -0.2) is 16.1 Å². The largest absolute Gasteiger partial charge is 0.430 e. The third-order valence-electron chi connectivity index (χ3n) is 2.15. The van der Waals surface area contributed by atoms with Gasteiger partial charge in [-0.25, -0.2) is 4.79 Å². The molecule has 2 rings (SSSR count). The molecule has 2 aromatic rings. The SMILES string of the molecule is Nc1[nH]ncc1CNC(=O)c1ccc(=O)oc1. The highest BCUT2D eigenvalue weighted by molar-refractivity contribution is 5.93. The molecule has 0 saturated carbocycles. The summed E-state index contributed by atoms with van der Waals surface area (Å²) in [7, 11) is 0. The van der Waals surface area contributed by atoms with Gasteiger partial charge >= 0.3 is 5.63 Å². The molecule has 1 amide bonds. The number of aromatic nitrogens is 2. The van der Waals surface area contributed by atoms with Crippen LogP contribution in [-0.2, 0) is 6.54 Å². The Kier molecular flexibility index (Phi) is 2.91. The van der Waals surface area contributed by atoms with Gasteiger partial charge in [-0.15, -0.1) is 0 Å². The summed E-state index contributed by atoms with van der Waals surface area (Å²) in [4.78, 5) is 22.3. The van der Waals surface area contributed by atoms with E-state index in [0.29, 0.717) is 11.4 Å². The van der Waals surface area contributed by atoms with E-state index in [1.807, 2.05) is 0 Å². The monoisotopic (exact) mass is 234 g/mol. The van der Waals surface area contributed by atoms with Crippen LogP contribution in [0, 0.1) is 0 Å².